The summed E-state index contributed by atoms with van der Waals surface area (Å²) in [7, 11) is 8.15. The van der Waals surface area contributed by atoms with E-state index in [1.165, 1.54) is 95.0 Å². The maximum atomic E-state index is 7.45. The third-order valence-corrected chi connectivity index (χ3v) is 14.0. The molecular formula is C68H88N4+4. The van der Waals surface area contributed by atoms with Gasteiger partial charge in [0, 0.05) is 77.0 Å². The Morgan fingerprint density at radius 2 is 0.625 bits per heavy atom. The zero-order valence-electron chi connectivity index (χ0n) is 53.2. The first-order valence-corrected chi connectivity index (χ1v) is 25.6. The average molecular weight is 968 g/mol. The van der Waals surface area contributed by atoms with Crippen LogP contribution in [0.1, 0.15) is 145 Å². The second-order valence-corrected chi connectivity index (χ2v) is 21.1. The Morgan fingerprint density at radius 1 is 0.292 bits per heavy atom. The van der Waals surface area contributed by atoms with Crippen LogP contribution in [0.4, 0.5) is 0 Å². The van der Waals surface area contributed by atoms with Crippen LogP contribution in [-0.2, 0) is 28.2 Å². The van der Waals surface area contributed by atoms with Gasteiger partial charge in [0.2, 0.25) is 22.8 Å². The minimum absolute atomic E-state index is 0.274. The monoisotopic (exact) mass is 967 g/mol. The van der Waals surface area contributed by atoms with Crippen molar-refractivity contribution in [1.29, 1.82) is 0 Å². The van der Waals surface area contributed by atoms with E-state index in [1.807, 2.05) is 6.92 Å². The molecule has 0 spiro atoms. The highest BCUT2D eigenvalue weighted by atomic mass is 14.9. The smallest absolute Gasteiger partial charge is 0.201 e. The van der Waals surface area contributed by atoms with Crippen LogP contribution in [0.3, 0.4) is 0 Å². The quantitative estimate of drug-likeness (QED) is 0.142. The maximum absolute atomic E-state index is 7.45. The summed E-state index contributed by atoms with van der Waals surface area (Å²) < 4.78 is 53.1. The van der Waals surface area contributed by atoms with Gasteiger partial charge in [-0.05, 0) is 175 Å². The van der Waals surface area contributed by atoms with E-state index in [-0.39, 0.29) is 5.56 Å². The van der Waals surface area contributed by atoms with E-state index in [0.29, 0.717) is 23.3 Å². The topological polar surface area (TPSA) is 15.5 Å². The molecule has 0 aliphatic heterocycles. The van der Waals surface area contributed by atoms with Crippen molar-refractivity contribution in [1.82, 2.24) is 0 Å². The van der Waals surface area contributed by atoms with Gasteiger partial charge in [-0.25, -0.2) is 18.3 Å². The SMILES string of the molecule is Cc1cc(-c2ccc(C(C)C)cc2C)[n+](C)cc1C.Cc1cc(C(C)C)ccc1-c1ccc(C(C)C)c[n+]1C.Cc1ccc(-c2cc(C)c(C)c[n+]2C)c(C)c1.[2H]C([2H])([2H])c1ccc(-c2ccc(C([2H])([2H])[2H])c[n+]2C)c(C)c1. The molecule has 4 heteroatoms. The van der Waals surface area contributed by atoms with Crippen molar-refractivity contribution in [3.05, 3.63) is 212 Å². The Kier molecular flexibility index (Phi) is 16.4. The van der Waals surface area contributed by atoms with Crippen LogP contribution in [0.5, 0.6) is 0 Å². The van der Waals surface area contributed by atoms with E-state index in [2.05, 4.69) is 229 Å². The minimum Gasteiger partial charge on any atom is -0.201 e. The summed E-state index contributed by atoms with van der Waals surface area (Å²) in [6, 6.07) is 37.7. The molecule has 0 N–H and O–H groups in total. The van der Waals surface area contributed by atoms with Crippen molar-refractivity contribution in [2.45, 2.75) is 135 Å². The van der Waals surface area contributed by atoms with Crippen molar-refractivity contribution in [3.63, 3.8) is 0 Å². The first-order valence-electron chi connectivity index (χ1n) is 28.6. The number of hydrogen-bond acceptors (Lipinski definition) is 0. The van der Waals surface area contributed by atoms with Crippen LogP contribution in [0, 0.1) is 76.0 Å². The lowest BCUT2D eigenvalue weighted by Crippen LogP contribution is -2.31. The van der Waals surface area contributed by atoms with Crippen molar-refractivity contribution >= 4 is 0 Å². The van der Waals surface area contributed by atoms with E-state index >= 15 is 0 Å². The molecule has 0 saturated carbocycles. The fraction of sp³-hybridized carbons (Fsp3) is 0.353. The summed E-state index contributed by atoms with van der Waals surface area (Å²) in [5, 5.41) is 0. The predicted octanol–water partition coefficient (Wildman–Crippen LogP) is 15.5. The third kappa shape index (κ3) is 14.3. The van der Waals surface area contributed by atoms with Gasteiger partial charge < -0.3 is 0 Å². The average Bonchev–Trinajstić information content (AvgIpc) is 3.34. The van der Waals surface area contributed by atoms with Crippen LogP contribution < -0.4 is 18.3 Å². The fourth-order valence-electron chi connectivity index (χ4n) is 9.16. The highest BCUT2D eigenvalue weighted by molar-refractivity contribution is 5.65. The summed E-state index contributed by atoms with van der Waals surface area (Å²) in [5.74, 6) is 1.74. The molecule has 0 amide bonds. The van der Waals surface area contributed by atoms with Gasteiger partial charge in [0.15, 0.2) is 24.8 Å². The number of benzene rings is 4. The molecule has 4 aromatic heterocycles. The van der Waals surface area contributed by atoms with Gasteiger partial charge in [-0.3, -0.25) is 0 Å². The fourth-order valence-corrected chi connectivity index (χ4v) is 9.16. The molecule has 0 unspecified atom stereocenters. The molecule has 0 atom stereocenters. The molecule has 376 valence electrons. The summed E-state index contributed by atoms with van der Waals surface area (Å²) >= 11 is 0. The largest absolute Gasteiger partial charge is 0.212 e. The van der Waals surface area contributed by atoms with E-state index in [4.69, 9.17) is 8.22 Å². The van der Waals surface area contributed by atoms with Gasteiger partial charge in [-0.2, -0.15) is 0 Å². The lowest BCUT2D eigenvalue weighted by atomic mass is 9.95. The Hall–Kier alpha value is -6.52. The van der Waals surface area contributed by atoms with Crippen LogP contribution in [-0.4, -0.2) is 0 Å². The van der Waals surface area contributed by atoms with E-state index in [9.17, 15) is 0 Å². The molecule has 0 saturated heterocycles. The van der Waals surface area contributed by atoms with Gasteiger partial charge in [0.25, 0.3) is 0 Å². The number of rotatable bonds is 7. The molecular weight excluding hydrogens is 873 g/mol. The molecule has 8 aromatic rings. The Morgan fingerprint density at radius 3 is 1.01 bits per heavy atom. The third-order valence-electron chi connectivity index (χ3n) is 14.0. The first kappa shape index (κ1) is 47.8. The first-order chi connectivity index (χ1) is 36.3. The number of aromatic nitrogens is 4. The molecule has 8 rings (SSSR count). The molecule has 0 aliphatic carbocycles. The Balaban J connectivity index is 0.000000192. The number of hydrogen-bond donors (Lipinski definition) is 0. The normalized spacial score (nSPS) is 12.5. The lowest BCUT2D eigenvalue weighted by Gasteiger charge is -2.11. The number of nitrogens with zero attached hydrogens (tertiary/aromatic N) is 4. The minimum atomic E-state index is -2.14. The van der Waals surface area contributed by atoms with Crippen molar-refractivity contribution in [2.24, 2.45) is 28.2 Å². The van der Waals surface area contributed by atoms with E-state index < -0.39 is 13.7 Å². The summed E-state index contributed by atoms with van der Waals surface area (Å²) in [5.41, 5.74) is 25.9. The van der Waals surface area contributed by atoms with Crippen molar-refractivity contribution in [3.8, 4) is 45.0 Å². The standard InChI is InChI=1S/C19H26N.C18H24N.C16H20N.C15H18N/c1-13(2)16-7-9-18(15(5)11-16)19-10-8-17(14(3)4)12-20(19)6;1-12(2)16-7-8-17(14(4)9-16)18-10-13(3)15(5)11-19(18)6;1-11-6-7-15(13(3)8-11)16-9-12(2)14(4)10-17(16)5;1-11-5-7-14(13(3)9-11)15-8-6-12(2)10-16(15)4/h7-14H,1-6H3;7-12H,1-6H3;6-10H,1-5H3;5-10H,1-4H3/q4*+1/i;;;1D3,2D3. The zero-order valence-corrected chi connectivity index (χ0v) is 47.2. The maximum Gasteiger partial charge on any atom is 0.212 e. The van der Waals surface area contributed by atoms with Crippen LogP contribution >= 0.6 is 0 Å². The predicted molar refractivity (Wildman–Crippen MR) is 307 cm³/mol. The highest BCUT2D eigenvalue weighted by Crippen LogP contribution is 2.28. The summed E-state index contributed by atoms with van der Waals surface area (Å²) in [6.07, 6.45) is 8.24. The molecule has 4 aromatic carbocycles. The summed E-state index contributed by atoms with van der Waals surface area (Å²) in [4.78, 5) is 0. The van der Waals surface area contributed by atoms with Crippen LogP contribution in [0.15, 0.2) is 134 Å². The molecule has 4 heterocycles. The van der Waals surface area contributed by atoms with E-state index in [1.54, 1.807) is 48.1 Å². The van der Waals surface area contributed by atoms with Crippen molar-refractivity contribution in [2.75, 3.05) is 0 Å². The second kappa shape index (κ2) is 24.7. The van der Waals surface area contributed by atoms with Gasteiger partial charge >= 0.3 is 0 Å². The van der Waals surface area contributed by atoms with E-state index in [0.717, 1.165) is 16.8 Å². The van der Waals surface area contributed by atoms with Crippen LogP contribution in [0.2, 0.25) is 0 Å². The van der Waals surface area contributed by atoms with Gasteiger partial charge in [0.1, 0.15) is 28.2 Å². The molecule has 72 heavy (non-hydrogen) atoms. The summed E-state index contributed by atoms with van der Waals surface area (Å²) in [6.45, 7) is 28.4. The lowest BCUT2D eigenvalue weighted by molar-refractivity contribution is -0.661. The zero-order chi connectivity index (χ0) is 58.3. The molecule has 0 fully saturated rings. The van der Waals surface area contributed by atoms with Crippen molar-refractivity contribution < 1.29 is 26.5 Å². The number of aryl methyl sites for hydroxylation is 15. The molecule has 0 radical (unpaired) electrons. The Bertz CT molecular complexity index is 3280. The van der Waals surface area contributed by atoms with Gasteiger partial charge in [0.05, 0.1) is 0 Å². The number of pyridine rings is 4. The molecule has 0 bridgehead atoms. The highest BCUT2D eigenvalue weighted by Gasteiger charge is 2.18. The second-order valence-electron chi connectivity index (χ2n) is 21.1. The molecule has 0 aliphatic rings. The van der Waals surface area contributed by atoms with Gasteiger partial charge in [-0.1, -0.05) is 101 Å². The molecule has 4 nitrogen and oxygen atoms in total. The van der Waals surface area contributed by atoms with Gasteiger partial charge in [-0.15, -0.1) is 0 Å². The van der Waals surface area contributed by atoms with Crippen LogP contribution in [0.25, 0.3) is 45.0 Å². The Labute approximate surface area is 445 Å².